The Kier molecular flexibility index (Phi) is 3.61. The maximum atomic E-state index is 11.9. The predicted molar refractivity (Wildman–Crippen MR) is 65.6 cm³/mol. The minimum absolute atomic E-state index is 0.0981. The Labute approximate surface area is 102 Å². The van der Waals surface area contributed by atoms with Gasteiger partial charge in [-0.2, -0.15) is 0 Å². The first kappa shape index (κ1) is 12.7. The molecule has 1 atom stereocenters. The number of likely N-dealkylation sites (tertiary alicyclic amines) is 1. The van der Waals surface area contributed by atoms with Crippen molar-refractivity contribution in [3.8, 4) is 0 Å². The molecule has 2 fully saturated rings. The lowest BCUT2D eigenvalue weighted by atomic mass is 10.00. The van der Waals surface area contributed by atoms with Crippen LogP contribution in [0.3, 0.4) is 0 Å². The zero-order valence-electron chi connectivity index (χ0n) is 10.2. The molecule has 0 spiro atoms. The number of urea groups is 1. The number of nitrogens with zero attached hydrogens (tertiary/aromatic N) is 1. The van der Waals surface area contributed by atoms with Gasteiger partial charge in [-0.25, -0.2) is 13.2 Å². The smallest absolute Gasteiger partial charge is 0.317 e. The van der Waals surface area contributed by atoms with E-state index in [2.05, 4.69) is 12.2 Å². The zero-order chi connectivity index (χ0) is 12.5. The van der Waals surface area contributed by atoms with E-state index < -0.39 is 9.84 Å². The molecule has 0 aromatic heterocycles. The van der Waals surface area contributed by atoms with E-state index in [1.165, 1.54) is 0 Å². The number of rotatable bonds is 1. The predicted octanol–water partition coefficient (Wildman–Crippen LogP) is 0.615. The van der Waals surface area contributed by atoms with E-state index in [0.717, 1.165) is 25.9 Å². The summed E-state index contributed by atoms with van der Waals surface area (Å²) in [6.07, 6.45) is 2.63. The van der Waals surface area contributed by atoms with Crippen LogP contribution >= 0.6 is 0 Å². The van der Waals surface area contributed by atoms with Crippen LogP contribution in [-0.2, 0) is 9.84 Å². The van der Waals surface area contributed by atoms with Gasteiger partial charge >= 0.3 is 6.03 Å². The molecule has 1 N–H and O–H groups in total. The molecule has 17 heavy (non-hydrogen) atoms. The molecular weight excluding hydrogens is 240 g/mol. The zero-order valence-corrected chi connectivity index (χ0v) is 11.0. The average Bonchev–Trinajstić information content (AvgIpc) is 2.59. The summed E-state index contributed by atoms with van der Waals surface area (Å²) in [6.45, 7) is 3.76. The third-order valence-electron chi connectivity index (χ3n) is 3.63. The fourth-order valence-electron chi connectivity index (χ4n) is 2.39. The minimum atomic E-state index is -2.91. The van der Waals surface area contributed by atoms with Gasteiger partial charge < -0.3 is 10.2 Å². The van der Waals surface area contributed by atoms with Crippen LogP contribution in [0.2, 0.25) is 0 Å². The van der Waals surface area contributed by atoms with E-state index in [4.69, 9.17) is 0 Å². The van der Waals surface area contributed by atoms with Crippen LogP contribution < -0.4 is 5.32 Å². The molecule has 2 aliphatic rings. The first-order chi connectivity index (χ1) is 7.96. The number of carbonyl (C=O) groups excluding carboxylic acids is 1. The molecule has 5 nitrogen and oxygen atoms in total. The molecule has 98 valence electrons. The number of carbonyl (C=O) groups is 1. The molecule has 2 rings (SSSR count). The molecule has 2 amide bonds. The molecule has 6 heteroatoms. The monoisotopic (exact) mass is 260 g/mol. The molecule has 0 aliphatic carbocycles. The number of sulfone groups is 1. The van der Waals surface area contributed by atoms with Gasteiger partial charge in [0.15, 0.2) is 9.84 Å². The lowest BCUT2D eigenvalue weighted by molar-refractivity contribution is 0.171. The number of piperidine rings is 1. The molecule has 0 saturated carbocycles. The van der Waals surface area contributed by atoms with Crippen molar-refractivity contribution in [2.45, 2.75) is 32.2 Å². The first-order valence-corrected chi connectivity index (χ1v) is 8.04. The first-order valence-electron chi connectivity index (χ1n) is 6.22. The molecule has 2 saturated heterocycles. The Hall–Kier alpha value is -0.780. The van der Waals surface area contributed by atoms with Crippen molar-refractivity contribution < 1.29 is 13.2 Å². The molecule has 2 heterocycles. The Morgan fingerprint density at radius 2 is 1.88 bits per heavy atom. The number of hydrogen-bond donors (Lipinski definition) is 1. The maximum Gasteiger partial charge on any atom is 0.317 e. The van der Waals surface area contributed by atoms with Crippen LogP contribution in [0, 0.1) is 5.92 Å². The van der Waals surface area contributed by atoms with Gasteiger partial charge in [0, 0.05) is 19.1 Å². The minimum Gasteiger partial charge on any atom is -0.334 e. The van der Waals surface area contributed by atoms with Crippen molar-refractivity contribution >= 4 is 15.9 Å². The molecule has 0 aromatic rings. The van der Waals surface area contributed by atoms with Crippen LogP contribution in [-0.4, -0.2) is 50.0 Å². The highest BCUT2D eigenvalue weighted by molar-refractivity contribution is 7.91. The number of nitrogens with one attached hydrogen (secondary N) is 1. The van der Waals surface area contributed by atoms with Crippen LogP contribution in [0.25, 0.3) is 0 Å². The second kappa shape index (κ2) is 4.84. The van der Waals surface area contributed by atoms with E-state index in [0.29, 0.717) is 12.3 Å². The Balaban J connectivity index is 1.82. The Morgan fingerprint density at radius 1 is 1.24 bits per heavy atom. The van der Waals surface area contributed by atoms with Crippen LogP contribution in [0.15, 0.2) is 0 Å². The third kappa shape index (κ3) is 3.34. The van der Waals surface area contributed by atoms with Crippen molar-refractivity contribution in [3.63, 3.8) is 0 Å². The fraction of sp³-hybridized carbons (Fsp3) is 0.909. The average molecular weight is 260 g/mol. The van der Waals surface area contributed by atoms with E-state index >= 15 is 0 Å². The SMILES string of the molecule is CC1CCN(C(=O)NC2CCS(=O)(=O)C2)CC1. The van der Waals surface area contributed by atoms with Gasteiger partial charge in [-0.3, -0.25) is 0 Å². The Bertz CT molecular complexity index is 386. The van der Waals surface area contributed by atoms with Crippen molar-refractivity contribution in [2.75, 3.05) is 24.6 Å². The summed E-state index contributed by atoms with van der Waals surface area (Å²) in [5.41, 5.74) is 0. The van der Waals surface area contributed by atoms with Gasteiger partial charge in [-0.1, -0.05) is 6.92 Å². The van der Waals surface area contributed by atoms with Gasteiger partial charge in [-0.05, 0) is 25.2 Å². The third-order valence-corrected chi connectivity index (χ3v) is 5.40. The molecule has 1 unspecified atom stereocenters. The Morgan fingerprint density at radius 3 is 2.41 bits per heavy atom. The topological polar surface area (TPSA) is 66.5 Å². The molecule has 2 aliphatic heterocycles. The van der Waals surface area contributed by atoms with Crippen LogP contribution in [0.5, 0.6) is 0 Å². The second-order valence-corrected chi connectivity index (χ2v) is 7.45. The summed E-state index contributed by atoms with van der Waals surface area (Å²) >= 11 is 0. The number of amides is 2. The lowest BCUT2D eigenvalue weighted by Gasteiger charge is -2.31. The van der Waals surface area contributed by atoms with E-state index in [1.807, 2.05) is 0 Å². The fourth-order valence-corrected chi connectivity index (χ4v) is 4.06. The van der Waals surface area contributed by atoms with E-state index in [-0.39, 0.29) is 23.6 Å². The molecule has 0 bridgehead atoms. The highest BCUT2D eigenvalue weighted by Crippen LogP contribution is 2.17. The largest absolute Gasteiger partial charge is 0.334 e. The summed E-state index contributed by atoms with van der Waals surface area (Å²) in [6, 6.07) is -0.286. The molecular formula is C11H20N2O3S. The molecule has 0 radical (unpaired) electrons. The second-order valence-electron chi connectivity index (χ2n) is 5.22. The molecule has 0 aromatic carbocycles. The van der Waals surface area contributed by atoms with E-state index in [1.54, 1.807) is 4.90 Å². The van der Waals surface area contributed by atoms with Crippen molar-refractivity contribution in [2.24, 2.45) is 5.92 Å². The number of hydrogen-bond acceptors (Lipinski definition) is 3. The summed E-state index contributed by atoms with van der Waals surface area (Å²) in [7, 11) is -2.91. The highest BCUT2D eigenvalue weighted by Gasteiger charge is 2.30. The normalized spacial score (nSPS) is 29.2. The highest BCUT2D eigenvalue weighted by atomic mass is 32.2. The van der Waals surface area contributed by atoms with Crippen molar-refractivity contribution in [3.05, 3.63) is 0 Å². The van der Waals surface area contributed by atoms with Gasteiger partial charge in [0.25, 0.3) is 0 Å². The van der Waals surface area contributed by atoms with Crippen LogP contribution in [0.1, 0.15) is 26.2 Å². The summed E-state index contributed by atoms with van der Waals surface area (Å²) < 4.78 is 22.6. The van der Waals surface area contributed by atoms with Crippen molar-refractivity contribution in [1.29, 1.82) is 0 Å². The van der Waals surface area contributed by atoms with Gasteiger partial charge in [0.2, 0.25) is 0 Å². The quantitative estimate of drug-likeness (QED) is 0.751. The summed E-state index contributed by atoms with van der Waals surface area (Å²) in [5.74, 6) is 0.990. The van der Waals surface area contributed by atoms with Gasteiger partial charge in [0.1, 0.15) is 0 Å². The van der Waals surface area contributed by atoms with Gasteiger partial charge in [0.05, 0.1) is 11.5 Å². The van der Waals surface area contributed by atoms with Crippen molar-refractivity contribution in [1.82, 2.24) is 10.2 Å². The summed E-state index contributed by atoms with van der Waals surface area (Å²) in [5, 5.41) is 2.83. The van der Waals surface area contributed by atoms with E-state index in [9.17, 15) is 13.2 Å². The van der Waals surface area contributed by atoms with Crippen LogP contribution in [0.4, 0.5) is 4.79 Å². The lowest BCUT2D eigenvalue weighted by Crippen LogP contribution is -2.48. The van der Waals surface area contributed by atoms with Gasteiger partial charge in [-0.15, -0.1) is 0 Å². The maximum absolute atomic E-state index is 11.9. The summed E-state index contributed by atoms with van der Waals surface area (Å²) in [4.78, 5) is 13.7. The standard InChI is InChI=1S/C11H20N2O3S/c1-9-2-5-13(6-3-9)11(14)12-10-4-7-17(15,16)8-10/h9-10H,2-8H2,1H3,(H,12,14).